The second-order valence-electron chi connectivity index (χ2n) is 8.26. The van der Waals surface area contributed by atoms with E-state index in [1.165, 1.54) is 10.6 Å². The molecule has 2 heterocycles. The number of aromatic nitrogens is 2. The predicted molar refractivity (Wildman–Crippen MR) is 138 cm³/mol. The van der Waals surface area contributed by atoms with Crippen LogP contribution in [-0.2, 0) is 19.5 Å². The molecular weight excluding hydrogens is 500 g/mol. The summed E-state index contributed by atoms with van der Waals surface area (Å²) in [6.07, 6.45) is 1.50. The third kappa shape index (κ3) is 6.21. The van der Waals surface area contributed by atoms with Gasteiger partial charge < -0.3 is 28.6 Å². The van der Waals surface area contributed by atoms with E-state index in [-0.39, 0.29) is 4.90 Å². The number of fused-ring (bicyclic) bond motifs is 1. The lowest BCUT2D eigenvalue weighted by Crippen LogP contribution is -2.49. The van der Waals surface area contributed by atoms with Crippen molar-refractivity contribution in [2.45, 2.75) is 4.90 Å². The standard InChI is InChI=1S/C25H32N4O7S/c1-32-12-14-35-23-16-21-22(17-24(23)36-15-13-33-2)26-18-27-25(21)28-8-10-29(11-9-28)37(30,31)20-6-4-19(34-3)5-7-20/h4-7,16-18H,8-15H2,1-3H3. The van der Waals surface area contributed by atoms with Crippen LogP contribution >= 0.6 is 0 Å². The summed E-state index contributed by atoms with van der Waals surface area (Å²) >= 11 is 0. The van der Waals surface area contributed by atoms with Gasteiger partial charge in [0, 0.05) is 51.9 Å². The van der Waals surface area contributed by atoms with Crippen LogP contribution in [0.15, 0.2) is 47.6 Å². The minimum atomic E-state index is -3.61. The van der Waals surface area contributed by atoms with Crippen molar-refractivity contribution in [1.82, 2.24) is 14.3 Å². The Morgan fingerprint density at radius 1 is 0.811 bits per heavy atom. The molecule has 1 fully saturated rings. The first-order valence-electron chi connectivity index (χ1n) is 11.9. The minimum absolute atomic E-state index is 0.244. The Morgan fingerprint density at radius 2 is 1.43 bits per heavy atom. The van der Waals surface area contributed by atoms with Crippen molar-refractivity contribution in [2.75, 3.05) is 78.8 Å². The Hall–Kier alpha value is -3.19. The highest BCUT2D eigenvalue weighted by molar-refractivity contribution is 7.89. The van der Waals surface area contributed by atoms with Gasteiger partial charge >= 0.3 is 0 Å². The van der Waals surface area contributed by atoms with Crippen LogP contribution in [0.25, 0.3) is 10.9 Å². The molecule has 12 heteroatoms. The van der Waals surface area contributed by atoms with Gasteiger partial charge in [0.1, 0.15) is 31.1 Å². The molecule has 1 aliphatic heterocycles. The average molecular weight is 533 g/mol. The Kier molecular flexibility index (Phi) is 8.98. The van der Waals surface area contributed by atoms with Crippen molar-refractivity contribution < 1.29 is 32.1 Å². The topological polar surface area (TPSA) is 113 Å². The van der Waals surface area contributed by atoms with E-state index in [1.807, 2.05) is 12.1 Å². The van der Waals surface area contributed by atoms with Gasteiger partial charge in [-0.3, -0.25) is 0 Å². The number of piperazine rings is 1. The highest BCUT2D eigenvalue weighted by Gasteiger charge is 2.29. The molecule has 0 aliphatic carbocycles. The van der Waals surface area contributed by atoms with Crippen LogP contribution in [0.4, 0.5) is 5.82 Å². The van der Waals surface area contributed by atoms with Crippen LogP contribution in [-0.4, -0.2) is 96.6 Å². The lowest BCUT2D eigenvalue weighted by atomic mass is 10.2. The maximum Gasteiger partial charge on any atom is 0.243 e. The van der Waals surface area contributed by atoms with Crippen LogP contribution in [0.5, 0.6) is 17.2 Å². The SMILES string of the molecule is COCCOc1cc2ncnc(N3CCN(S(=O)(=O)c4ccc(OC)cc4)CC3)c2cc1OCCOC. The highest BCUT2D eigenvalue weighted by Crippen LogP contribution is 2.35. The monoisotopic (exact) mass is 532 g/mol. The quantitative estimate of drug-likeness (QED) is 0.322. The summed E-state index contributed by atoms with van der Waals surface area (Å²) < 4.78 is 54.9. The Bertz CT molecular complexity index is 1280. The molecule has 4 rings (SSSR count). The average Bonchev–Trinajstić information content (AvgIpc) is 2.93. The Labute approximate surface area is 216 Å². The van der Waals surface area contributed by atoms with E-state index in [2.05, 4.69) is 14.9 Å². The molecule has 0 atom stereocenters. The molecule has 0 saturated carbocycles. The van der Waals surface area contributed by atoms with Crippen LogP contribution < -0.4 is 19.1 Å². The van der Waals surface area contributed by atoms with E-state index < -0.39 is 10.0 Å². The zero-order valence-corrected chi connectivity index (χ0v) is 22.1. The molecule has 0 unspecified atom stereocenters. The van der Waals surface area contributed by atoms with Crippen LogP contribution in [0.3, 0.4) is 0 Å². The van der Waals surface area contributed by atoms with Gasteiger partial charge in [-0.15, -0.1) is 0 Å². The van der Waals surface area contributed by atoms with Crippen molar-refractivity contribution in [3.63, 3.8) is 0 Å². The second kappa shape index (κ2) is 12.4. The predicted octanol–water partition coefficient (Wildman–Crippen LogP) is 2.20. The van der Waals surface area contributed by atoms with E-state index in [4.69, 9.17) is 23.7 Å². The molecule has 0 spiro atoms. The van der Waals surface area contributed by atoms with Crippen LogP contribution in [0.1, 0.15) is 0 Å². The van der Waals surface area contributed by atoms with Gasteiger partial charge in [-0.05, 0) is 30.3 Å². The van der Waals surface area contributed by atoms with Gasteiger partial charge in [-0.2, -0.15) is 4.31 Å². The fourth-order valence-corrected chi connectivity index (χ4v) is 5.46. The Morgan fingerprint density at radius 3 is 2.03 bits per heavy atom. The summed E-state index contributed by atoms with van der Waals surface area (Å²) in [7, 11) is 1.16. The summed E-state index contributed by atoms with van der Waals surface area (Å²) in [6, 6.07) is 10.1. The molecule has 0 bridgehead atoms. The smallest absolute Gasteiger partial charge is 0.243 e. The molecule has 3 aromatic rings. The molecule has 0 amide bonds. The van der Waals surface area contributed by atoms with Crippen molar-refractivity contribution in [1.29, 1.82) is 0 Å². The maximum absolute atomic E-state index is 13.1. The minimum Gasteiger partial charge on any atom is -0.497 e. The van der Waals surface area contributed by atoms with Crippen molar-refractivity contribution in [3.8, 4) is 17.2 Å². The molecule has 0 N–H and O–H groups in total. The third-order valence-corrected chi connectivity index (χ3v) is 7.92. The van der Waals surface area contributed by atoms with Gasteiger partial charge in [0.2, 0.25) is 10.0 Å². The third-order valence-electron chi connectivity index (χ3n) is 6.01. The second-order valence-corrected chi connectivity index (χ2v) is 10.2. The van der Waals surface area contributed by atoms with Gasteiger partial charge in [0.15, 0.2) is 11.5 Å². The number of sulfonamides is 1. The first kappa shape index (κ1) is 26.9. The molecule has 0 radical (unpaired) electrons. The van der Waals surface area contributed by atoms with Crippen molar-refractivity contribution >= 4 is 26.7 Å². The number of anilines is 1. The van der Waals surface area contributed by atoms with Gasteiger partial charge in [-0.1, -0.05) is 0 Å². The van der Waals surface area contributed by atoms with Gasteiger partial charge in [0.05, 0.1) is 30.7 Å². The molecular formula is C25H32N4O7S. The fraction of sp³-hybridized carbons (Fsp3) is 0.440. The zero-order chi connectivity index (χ0) is 26.3. The number of nitrogens with zero attached hydrogens (tertiary/aromatic N) is 4. The Balaban J connectivity index is 1.54. The number of methoxy groups -OCH3 is 3. The largest absolute Gasteiger partial charge is 0.497 e. The first-order valence-corrected chi connectivity index (χ1v) is 13.3. The fourth-order valence-electron chi connectivity index (χ4n) is 4.03. The van der Waals surface area contributed by atoms with Crippen LogP contribution in [0, 0.1) is 0 Å². The van der Waals surface area contributed by atoms with E-state index in [9.17, 15) is 8.42 Å². The summed E-state index contributed by atoms with van der Waals surface area (Å²) in [6.45, 7) is 3.21. The first-order chi connectivity index (χ1) is 18.0. The van der Waals surface area contributed by atoms with Gasteiger partial charge in [0.25, 0.3) is 0 Å². The van der Waals surface area contributed by atoms with Gasteiger partial charge in [-0.25, -0.2) is 18.4 Å². The molecule has 37 heavy (non-hydrogen) atoms. The molecule has 1 saturated heterocycles. The number of ether oxygens (including phenoxy) is 5. The molecule has 11 nitrogen and oxygen atoms in total. The van der Waals surface area contributed by atoms with Crippen LogP contribution in [0.2, 0.25) is 0 Å². The summed E-state index contributed by atoms with van der Waals surface area (Å²) in [4.78, 5) is 11.3. The highest BCUT2D eigenvalue weighted by atomic mass is 32.2. The van der Waals surface area contributed by atoms with Crippen molar-refractivity contribution in [3.05, 3.63) is 42.7 Å². The molecule has 200 valence electrons. The zero-order valence-electron chi connectivity index (χ0n) is 21.3. The number of rotatable bonds is 12. The number of hydrogen-bond donors (Lipinski definition) is 0. The summed E-state index contributed by atoms with van der Waals surface area (Å²) in [5.74, 6) is 2.43. The lowest BCUT2D eigenvalue weighted by Gasteiger charge is -2.35. The number of benzene rings is 2. The number of hydrogen-bond acceptors (Lipinski definition) is 10. The van der Waals surface area contributed by atoms with E-state index in [0.717, 1.165) is 5.39 Å². The normalized spacial score (nSPS) is 14.6. The summed E-state index contributed by atoms with van der Waals surface area (Å²) in [5.41, 5.74) is 0.699. The molecule has 1 aliphatic rings. The lowest BCUT2D eigenvalue weighted by molar-refractivity contribution is 0.132. The van der Waals surface area contributed by atoms with Crippen molar-refractivity contribution in [2.24, 2.45) is 0 Å². The van der Waals surface area contributed by atoms with E-state index >= 15 is 0 Å². The molecule has 2 aromatic carbocycles. The summed E-state index contributed by atoms with van der Waals surface area (Å²) in [5, 5.41) is 0.792. The van der Waals surface area contributed by atoms with E-state index in [0.29, 0.717) is 81.2 Å². The van der Waals surface area contributed by atoms with E-state index in [1.54, 1.807) is 45.6 Å². The molecule has 1 aromatic heterocycles. The maximum atomic E-state index is 13.1.